The van der Waals surface area contributed by atoms with Crippen molar-refractivity contribution in [3.05, 3.63) is 151 Å². The molecular weight excluding hydrogens is 721 g/mol. The quantitative estimate of drug-likeness (QED) is 0.171. The van der Waals surface area contributed by atoms with E-state index in [9.17, 15) is 9.90 Å². The van der Waals surface area contributed by atoms with Crippen molar-refractivity contribution in [2.45, 2.75) is 32.6 Å². The van der Waals surface area contributed by atoms with Crippen LogP contribution in [-0.4, -0.2) is 21.0 Å². The van der Waals surface area contributed by atoms with Crippen LogP contribution >= 0.6 is 45.8 Å². The van der Waals surface area contributed by atoms with Gasteiger partial charge in [0.2, 0.25) is 10.5 Å². The molecule has 0 amide bonds. The molecule has 4 aromatic carbocycles. The molecule has 4 heterocycles. The van der Waals surface area contributed by atoms with Crippen molar-refractivity contribution in [3.8, 4) is 0 Å². The highest BCUT2D eigenvalue weighted by molar-refractivity contribution is 8.14. The minimum atomic E-state index is -0.150. The second kappa shape index (κ2) is 12.8. The van der Waals surface area contributed by atoms with Gasteiger partial charge in [-0.1, -0.05) is 93.5 Å². The predicted octanol–water partition coefficient (Wildman–Crippen LogP) is 10.4. The fraction of sp³-hybridized carbons (Fsp3) is 0.0952. The third-order valence-electron chi connectivity index (χ3n) is 9.13. The first kappa shape index (κ1) is 32.8. The first-order chi connectivity index (χ1) is 25.2. The monoisotopic (exact) mass is 751 g/mol. The molecule has 0 bridgehead atoms. The van der Waals surface area contributed by atoms with Crippen LogP contribution in [0.15, 0.2) is 125 Å². The SMILES string of the molecule is Cc1ccc(N(c2ccc(C)cc2)c2nc3sc(C4=C(O)/C(=c5\cc6c(s5)=NC(=[N+](c5ccc(C)cc5)c5ccc(C)cc5)S6)C4=O)cc3s2)cc1. The normalized spacial score (nSPS) is 14.8. The summed E-state index contributed by atoms with van der Waals surface area (Å²) in [4.78, 5) is 28.4. The van der Waals surface area contributed by atoms with Crippen LogP contribution in [0.2, 0.25) is 0 Å². The van der Waals surface area contributed by atoms with Crippen molar-refractivity contribution in [1.82, 2.24) is 9.56 Å². The molecule has 254 valence electrons. The number of amidine groups is 1. The number of Topliss-reactive ketones (excluding diaryl/α,β-unsaturated/α-hetero) is 1. The predicted molar refractivity (Wildman–Crippen MR) is 219 cm³/mol. The van der Waals surface area contributed by atoms with Gasteiger partial charge in [-0.15, -0.1) is 11.3 Å². The Morgan fingerprint density at radius 2 is 1.19 bits per heavy atom. The molecule has 52 heavy (non-hydrogen) atoms. The Kier molecular flexibility index (Phi) is 8.08. The molecule has 1 aliphatic heterocycles. The Labute approximate surface area is 316 Å². The summed E-state index contributed by atoms with van der Waals surface area (Å²) in [5.74, 6) is -0.113. The number of thiophene rings is 2. The number of carbonyl (C=O) groups excluding carboxylic acids is 1. The van der Waals surface area contributed by atoms with E-state index in [1.807, 2.05) is 12.1 Å². The van der Waals surface area contributed by atoms with Crippen LogP contribution in [-0.2, 0) is 4.79 Å². The van der Waals surface area contributed by atoms with Crippen molar-refractivity contribution < 1.29 is 9.90 Å². The molecule has 0 radical (unpaired) electrons. The van der Waals surface area contributed by atoms with Gasteiger partial charge in [-0.2, -0.15) is 4.58 Å². The van der Waals surface area contributed by atoms with Gasteiger partial charge in [0.1, 0.15) is 22.0 Å². The molecule has 0 unspecified atom stereocenters. The van der Waals surface area contributed by atoms with Gasteiger partial charge in [0, 0.05) is 32.5 Å². The maximum absolute atomic E-state index is 13.7. The highest BCUT2D eigenvalue weighted by Crippen LogP contribution is 2.46. The number of allylic oxidation sites excluding steroid dienone is 2. The van der Waals surface area contributed by atoms with Crippen LogP contribution in [0.25, 0.3) is 20.7 Å². The first-order valence-electron chi connectivity index (χ1n) is 16.7. The second-order valence-electron chi connectivity index (χ2n) is 13.0. The zero-order valence-corrected chi connectivity index (χ0v) is 31.9. The largest absolute Gasteiger partial charge is 0.506 e. The van der Waals surface area contributed by atoms with Gasteiger partial charge in [-0.3, -0.25) is 9.69 Å². The molecule has 1 aliphatic carbocycles. The topological polar surface area (TPSA) is 68.8 Å². The summed E-state index contributed by atoms with van der Waals surface area (Å²) in [5, 5.41) is 13.0. The van der Waals surface area contributed by atoms with Crippen molar-refractivity contribution in [2.24, 2.45) is 4.99 Å². The van der Waals surface area contributed by atoms with Crippen LogP contribution in [0.1, 0.15) is 27.1 Å². The lowest BCUT2D eigenvalue weighted by molar-refractivity contribution is -0.109. The number of anilines is 3. The van der Waals surface area contributed by atoms with Gasteiger partial charge in [0.25, 0.3) is 0 Å². The second-order valence-corrected chi connectivity index (χ2v) is 17.1. The average molecular weight is 752 g/mol. The van der Waals surface area contributed by atoms with Crippen molar-refractivity contribution >= 4 is 105 Å². The Hall–Kier alpha value is -5.13. The number of aromatic nitrogens is 1. The maximum Gasteiger partial charge on any atom is 0.371 e. The van der Waals surface area contributed by atoms with Crippen LogP contribution in [0.5, 0.6) is 0 Å². The zero-order valence-electron chi connectivity index (χ0n) is 28.7. The summed E-state index contributed by atoms with van der Waals surface area (Å²) in [5.41, 5.74) is 9.60. The Bertz CT molecular complexity index is 2630. The van der Waals surface area contributed by atoms with Crippen molar-refractivity contribution in [1.29, 1.82) is 0 Å². The van der Waals surface area contributed by atoms with Crippen LogP contribution in [0, 0.1) is 27.7 Å². The number of carbonyl (C=O) groups is 1. The number of benzene rings is 4. The minimum absolute atomic E-state index is 0.0372. The van der Waals surface area contributed by atoms with Gasteiger partial charge < -0.3 is 5.11 Å². The molecule has 6 nitrogen and oxygen atoms in total. The fourth-order valence-corrected chi connectivity index (χ4v) is 10.9. The highest BCUT2D eigenvalue weighted by Gasteiger charge is 2.38. The summed E-state index contributed by atoms with van der Waals surface area (Å²) in [6.07, 6.45) is 0. The third kappa shape index (κ3) is 5.72. The summed E-state index contributed by atoms with van der Waals surface area (Å²) >= 11 is 6.03. The van der Waals surface area contributed by atoms with Gasteiger partial charge >= 0.3 is 5.17 Å². The summed E-state index contributed by atoms with van der Waals surface area (Å²) in [6.45, 7) is 8.32. The molecule has 0 saturated carbocycles. The molecular formula is C42H31N4O2S4+. The molecule has 9 rings (SSSR count). The molecule has 1 N–H and O–H groups in total. The number of thioether (sulfide) groups is 1. The third-order valence-corrected chi connectivity index (χ3v) is 13.5. The number of ketones is 1. The van der Waals surface area contributed by atoms with E-state index in [1.54, 1.807) is 23.1 Å². The lowest BCUT2D eigenvalue weighted by atomic mass is 9.87. The standard InChI is InChI=1S/C42H30N4O2S4/c1-23-5-13-27(14-6-23)45(28-15-7-24(2)8-16-28)41-43-39-33(51-41)21-31(49-39)35-37(47)36(38(35)48)32-22-34-40(50-32)44-42(52-34)46(29-17-9-25(3)10-18-29)30-19-11-26(4)12-20-30/h5-22H,1-4H3/p+1. The molecule has 10 heteroatoms. The van der Waals surface area contributed by atoms with E-state index < -0.39 is 0 Å². The number of fused-ring (bicyclic) bond motifs is 2. The maximum atomic E-state index is 13.7. The summed E-state index contributed by atoms with van der Waals surface area (Å²) in [6, 6.07) is 37.7. The molecule has 2 aliphatic rings. The molecule has 0 atom stereocenters. The van der Waals surface area contributed by atoms with Gasteiger partial charge in [-0.25, -0.2) is 4.98 Å². The smallest absolute Gasteiger partial charge is 0.371 e. The Morgan fingerprint density at radius 3 is 1.69 bits per heavy atom. The number of aryl methyl sites for hydroxylation is 4. The molecule has 3 aromatic heterocycles. The fourth-order valence-electron chi connectivity index (χ4n) is 6.26. The van der Waals surface area contributed by atoms with E-state index in [0.29, 0.717) is 11.1 Å². The molecule has 0 saturated heterocycles. The van der Waals surface area contributed by atoms with E-state index in [4.69, 9.17) is 9.98 Å². The number of hydrogen-bond donors (Lipinski definition) is 1. The van der Waals surface area contributed by atoms with Crippen LogP contribution in [0.3, 0.4) is 0 Å². The van der Waals surface area contributed by atoms with E-state index in [1.165, 1.54) is 44.9 Å². The number of aliphatic hydroxyl groups excluding tert-OH is 1. The Balaban J connectivity index is 1.06. The van der Waals surface area contributed by atoms with E-state index in [0.717, 1.165) is 61.6 Å². The van der Waals surface area contributed by atoms with Crippen molar-refractivity contribution in [3.63, 3.8) is 0 Å². The van der Waals surface area contributed by atoms with E-state index in [2.05, 4.69) is 134 Å². The molecule has 7 aromatic rings. The van der Waals surface area contributed by atoms with Gasteiger partial charge in [0.15, 0.2) is 5.13 Å². The number of hydrogen-bond acceptors (Lipinski definition) is 8. The summed E-state index contributed by atoms with van der Waals surface area (Å²) < 4.78 is 4.70. The van der Waals surface area contributed by atoms with Gasteiger partial charge in [0.05, 0.1) is 20.7 Å². The molecule has 0 spiro atoms. The van der Waals surface area contributed by atoms with E-state index >= 15 is 0 Å². The van der Waals surface area contributed by atoms with E-state index in [-0.39, 0.29) is 11.5 Å². The Morgan fingerprint density at radius 1 is 0.654 bits per heavy atom. The summed E-state index contributed by atoms with van der Waals surface area (Å²) in [7, 11) is 0. The number of rotatable bonds is 6. The highest BCUT2D eigenvalue weighted by atomic mass is 32.2. The van der Waals surface area contributed by atoms with Crippen LogP contribution < -0.4 is 18.7 Å². The number of nitrogens with zero attached hydrogens (tertiary/aromatic N) is 4. The number of aliphatic hydroxyl groups is 1. The average Bonchev–Trinajstić information content (AvgIpc) is 3.89. The lowest BCUT2D eigenvalue weighted by Crippen LogP contribution is -2.24. The zero-order chi connectivity index (χ0) is 35.7. The van der Waals surface area contributed by atoms with Crippen molar-refractivity contribution in [2.75, 3.05) is 4.90 Å². The number of thiazole rings is 1. The first-order valence-corrected chi connectivity index (χ1v) is 20.0. The minimum Gasteiger partial charge on any atom is -0.506 e. The lowest BCUT2D eigenvalue weighted by Gasteiger charge is -2.22. The van der Waals surface area contributed by atoms with Crippen LogP contribution in [0.4, 0.5) is 27.9 Å². The molecule has 0 fully saturated rings. The van der Waals surface area contributed by atoms with Gasteiger partial charge in [-0.05, 0) is 93.4 Å².